The number of fused-ring (bicyclic) bond motifs is 6. The van der Waals surface area contributed by atoms with Gasteiger partial charge in [-0.1, -0.05) is 60.7 Å². The molecule has 0 aliphatic rings. The van der Waals surface area contributed by atoms with Crippen LogP contribution in [0.1, 0.15) is 0 Å². The fourth-order valence-corrected chi connectivity index (χ4v) is 6.78. The minimum Gasteiger partial charge on any atom is -0.135 e. The highest BCUT2D eigenvalue weighted by atomic mass is 32.1. The highest BCUT2D eigenvalue weighted by Crippen LogP contribution is 2.38. The van der Waals surface area contributed by atoms with Crippen LogP contribution >= 0.6 is 22.7 Å². The molecule has 7 aromatic rings. The second-order valence-corrected chi connectivity index (χ2v) is 10.3. The number of hydrogen-bond donors (Lipinski definition) is 0. The summed E-state index contributed by atoms with van der Waals surface area (Å²) in [5.74, 6) is 0. The summed E-state index contributed by atoms with van der Waals surface area (Å²) < 4.78 is 5.36. The van der Waals surface area contributed by atoms with E-state index >= 15 is 0 Å². The Labute approximate surface area is 194 Å². The van der Waals surface area contributed by atoms with Gasteiger partial charge in [0.05, 0.1) is 0 Å². The molecule has 149 valence electrons. The van der Waals surface area contributed by atoms with Crippen molar-refractivity contribution in [1.29, 1.82) is 0 Å². The Balaban J connectivity index is 1.37. The predicted octanol–water partition coefficient (Wildman–Crippen LogP) is 9.56. The summed E-state index contributed by atoms with van der Waals surface area (Å²) >= 11 is 3.72. The summed E-state index contributed by atoms with van der Waals surface area (Å²) in [6.07, 6.45) is 0. The zero-order valence-corrected chi connectivity index (χ0v) is 18.8. The molecule has 0 saturated heterocycles. The van der Waals surface area contributed by atoms with E-state index in [0.29, 0.717) is 0 Å². The van der Waals surface area contributed by atoms with E-state index in [-0.39, 0.29) is 0 Å². The fraction of sp³-hybridized carbons (Fsp3) is 0. The van der Waals surface area contributed by atoms with Gasteiger partial charge in [0, 0.05) is 40.3 Å². The van der Waals surface area contributed by atoms with Crippen LogP contribution in [0.25, 0.3) is 62.6 Å². The van der Waals surface area contributed by atoms with E-state index in [1.807, 2.05) is 22.7 Å². The normalized spacial score (nSPS) is 11.8. The summed E-state index contributed by atoms with van der Waals surface area (Å²) in [4.78, 5) is 0. The van der Waals surface area contributed by atoms with Crippen molar-refractivity contribution in [3.05, 3.63) is 109 Å². The van der Waals surface area contributed by atoms with E-state index in [1.165, 1.54) is 57.0 Å². The van der Waals surface area contributed by atoms with Crippen LogP contribution in [0.4, 0.5) is 0 Å². The molecule has 5 aromatic carbocycles. The molecule has 0 saturated carbocycles. The van der Waals surface area contributed by atoms with Gasteiger partial charge in [0.15, 0.2) is 0 Å². The minimum atomic E-state index is 1.13. The SMILES string of the molecule is [c]1ccc(-c2ccc3sc4ccccc4c3c2)cc1-c1ccc2sc3ccccc3c2c1. The Morgan fingerprint density at radius 1 is 0.438 bits per heavy atom. The van der Waals surface area contributed by atoms with Gasteiger partial charge in [0.2, 0.25) is 0 Å². The van der Waals surface area contributed by atoms with E-state index in [1.54, 1.807) is 0 Å². The first-order chi connectivity index (χ1) is 15.8. The maximum Gasteiger partial charge on any atom is 0.0355 e. The Morgan fingerprint density at radius 3 is 1.66 bits per heavy atom. The standard InChI is InChI=1S/C30H17S2/c1-3-10-27-23(8-1)25-17-21(12-14-29(25)31-27)19-6-5-7-20(16-19)22-13-15-30-26(18-22)24-9-2-4-11-28(24)32-30/h1-6,8-18H. The summed E-state index contributed by atoms with van der Waals surface area (Å²) in [5.41, 5.74) is 4.82. The summed E-state index contributed by atoms with van der Waals surface area (Å²) in [7, 11) is 0. The molecule has 0 amide bonds. The van der Waals surface area contributed by atoms with E-state index < -0.39 is 0 Å². The van der Waals surface area contributed by atoms with Crippen LogP contribution in [0.3, 0.4) is 0 Å². The molecule has 0 aliphatic carbocycles. The quantitative estimate of drug-likeness (QED) is 0.250. The van der Waals surface area contributed by atoms with Crippen LogP contribution in [-0.4, -0.2) is 0 Å². The van der Waals surface area contributed by atoms with Crippen molar-refractivity contribution in [2.24, 2.45) is 0 Å². The van der Waals surface area contributed by atoms with Gasteiger partial charge in [-0.15, -0.1) is 22.7 Å². The van der Waals surface area contributed by atoms with Crippen LogP contribution in [0.5, 0.6) is 0 Å². The zero-order chi connectivity index (χ0) is 21.1. The molecule has 0 spiro atoms. The van der Waals surface area contributed by atoms with Crippen molar-refractivity contribution >= 4 is 63.0 Å². The fourth-order valence-electron chi connectivity index (χ4n) is 4.61. The first-order valence-electron chi connectivity index (χ1n) is 10.7. The Kier molecular flexibility index (Phi) is 3.98. The number of hydrogen-bond acceptors (Lipinski definition) is 2. The van der Waals surface area contributed by atoms with E-state index in [4.69, 9.17) is 0 Å². The van der Waals surface area contributed by atoms with Crippen LogP contribution < -0.4 is 0 Å². The van der Waals surface area contributed by atoms with Crippen LogP contribution in [0, 0.1) is 6.07 Å². The summed E-state index contributed by atoms with van der Waals surface area (Å²) in [6.45, 7) is 0. The van der Waals surface area contributed by atoms with Gasteiger partial charge < -0.3 is 0 Å². The zero-order valence-electron chi connectivity index (χ0n) is 17.1. The van der Waals surface area contributed by atoms with Crippen molar-refractivity contribution in [3.8, 4) is 22.3 Å². The molecule has 0 unspecified atom stereocenters. The van der Waals surface area contributed by atoms with Gasteiger partial charge in [-0.05, 0) is 70.8 Å². The smallest absolute Gasteiger partial charge is 0.0355 e. The van der Waals surface area contributed by atoms with Gasteiger partial charge in [-0.25, -0.2) is 0 Å². The molecule has 0 N–H and O–H groups in total. The molecule has 1 radical (unpaired) electrons. The average Bonchev–Trinajstić information content (AvgIpc) is 3.41. The van der Waals surface area contributed by atoms with Crippen LogP contribution in [-0.2, 0) is 0 Å². The lowest BCUT2D eigenvalue weighted by Crippen LogP contribution is -1.82. The molecule has 0 atom stereocenters. The largest absolute Gasteiger partial charge is 0.135 e. The second-order valence-electron chi connectivity index (χ2n) is 8.11. The predicted molar refractivity (Wildman–Crippen MR) is 142 cm³/mol. The van der Waals surface area contributed by atoms with Gasteiger partial charge in [0.25, 0.3) is 0 Å². The van der Waals surface area contributed by atoms with E-state index in [0.717, 1.165) is 5.56 Å². The van der Waals surface area contributed by atoms with E-state index in [2.05, 4.69) is 109 Å². The lowest BCUT2D eigenvalue weighted by molar-refractivity contribution is 1.61. The molecule has 0 aliphatic heterocycles. The second kappa shape index (κ2) is 7.03. The molecular formula is C30H17S2. The maximum absolute atomic E-state index is 3.47. The molecule has 2 heterocycles. The summed E-state index contributed by atoms with van der Waals surface area (Å²) in [6, 6.07) is 40.9. The van der Waals surface area contributed by atoms with Crippen molar-refractivity contribution in [1.82, 2.24) is 0 Å². The number of thiophene rings is 2. The highest BCUT2D eigenvalue weighted by molar-refractivity contribution is 7.26. The molecule has 0 fully saturated rings. The molecular weight excluding hydrogens is 424 g/mol. The average molecular weight is 442 g/mol. The van der Waals surface area contributed by atoms with Gasteiger partial charge in [-0.3, -0.25) is 0 Å². The first-order valence-corrected chi connectivity index (χ1v) is 12.3. The number of rotatable bonds is 2. The molecule has 32 heavy (non-hydrogen) atoms. The van der Waals surface area contributed by atoms with Crippen molar-refractivity contribution in [2.75, 3.05) is 0 Å². The minimum absolute atomic E-state index is 1.13. The third-order valence-corrected chi connectivity index (χ3v) is 8.50. The van der Waals surface area contributed by atoms with Crippen LogP contribution in [0.2, 0.25) is 0 Å². The third-order valence-electron chi connectivity index (χ3n) is 6.20. The molecule has 2 heteroatoms. The van der Waals surface area contributed by atoms with Crippen molar-refractivity contribution in [2.45, 2.75) is 0 Å². The Hall–Kier alpha value is -3.46. The Bertz CT molecular complexity index is 1650. The van der Waals surface area contributed by atoms with Crippen LogP contribution in [0.15, 0.2) is 103 Å². The molecule has 0 nitrogen and oxygen atoms in total. The van der Waals surface area contributed by atoms with Gasteiger partial charge in [-0.2, -0.15) is 0 Å². The molecule has 7 rings (SSSR count). The number of benzene rings is 5. The summed E-state index contributed by atoms with van der Waals surface area (Å²) in [5, 5.41) is 5.34. The van der Waals surface area contributed by atoms with E-state index in [9.17, 15) is 0 Å². The molecule has 2 aromatic heterocycles. The van der Waals surface area contributed by atoms with Crippen molar-refractivity contribution in [3.63, 3.8) is 0 Å². The van der Waals surface area contributed by atoms with Crippen molar-refractivity contribution < 1.29 is 0 Å². The lowest BCUT2D eigenvalue weighted by atomic mass is 9.97. The lowest BCUT2D eigenvalue weighted by Gasteiger charge is -2.07. The highest BCUT2D eigenvalue weighted by Gasteiger charge is 2.09. The topological polar surface area (TPSA) is 0 Å². The molecule has 0 bridgehead atoms. The maximum atomic E-state index is 3.47. The van der Waals surface area contributed by atoms with Gasteiger partial charge >= 0.3 is 0 Å². The first kappa shape index (κ1) is 18.1. The Morgan fingerprint density at radius 2 is 0.969 bits per heavy atom. The van der Waals surface area contributed by atoms with Gasteiger partial charge in [0.1, 0.15) is 0 Å². The third kappa shape index (κ3) is 2.81. The monoisotopic (exact) mass is 441 g/mol.